The van der Waals surface area contributed by atoms with E-state index in [1.807, 2.05) is 25.1 Å². The average Bonchev–Trinajstić information content (AvgIpc) is 2.23. The van der Waals surface area contributed by atoms with E-state index in [9.17, 15) is 9.90 Å². The molecule has 17 heavy (non-hydrogen) atoms. The molecular weight excluding hydrogens is 256 g/mol. The van der Waals surface area contributed by atoms with Crippen molar-refractivity contribution in [2.45, 2.75) is 22.0 Å². The monoisotopic (exact) mass is 270 g/mol. The predicted molar refractivity (Wildman–Crippen MR) is 70.3 cm³/mol. The fraction of sp³-hybridized carbons (Fsp3) is 0.417. The summed E-state index contributed by atoms with van der Waals surface area (Å²) in [4.78, 5) is 13.1. The number of hydrogen-bond donors (Lipinski definition) is 1. The van der Waals surface area contributed by atoms with Crippen LogP contribution in [-0.4, -0.2) is 35.3 Å². The predicted octanol–water partition coefficient (Wildman–Crippen LogP) is 2.99. The van der Waals surface area contributed by atoms with E-state index in [1.54, 1.807) is 23.5 Å². The van der Waals surface area contributed by atoms with E-state index in [-0.39, 0.29) is 0 Å². The van der Waals surface area contributed by atoms with Gasteiger partial charge in [0, 0.05) is 9.79 Å². The van der Waals surface area contributed by atoms with Gasteiger partial charge >= 0.3 is 5.97 Å². The Balaban J connectivity index is 2.28. The lowest BCUT2D eigenvalue weighted by atomic mass is 10.2. The number of ether oxygens (including phenoxy) is 1. The van der Waals surface area contributed by atoms with Crippen molar-refractivity contribution in [3.05, 3.63) is 23.8 Å². The molecule has 1 heterocycles. The van der Waals surface area contributed by atoms with Crippen molar-refractivity contribution in [3.8, 4) is 0 Å². The number of benzene rings is 1. The normalized spacial score (nSPS) is 15.6. The molecule has 0 atom stereocenters. The summed E-state index contributed by atoms with van der Waals surface area (Å²) in [6.07, 6.45) is 0. The topological polar surface area (TPSA) is 46.5 Å². The average molecular weight is 270 g/mol. The molecule has 1 aromatic carbocycles. The summed E-state index contributed by atoms with van der Waals surface area (Å²) in [6.45, 7) is 3.46. The van der Waals surface area contributed by atoms with Gasteiger partial charge in [0.15, 0.2) is 0 Å². The first kappa shape index (κ1) is 12.8. The summed E-state index contributed by atoms with van der Waals surface area (Å²) >= 11 is 3.18. The molecule has 0 amide bonds. The molecule has 0 unspecified atom stereocenters. The lowest BCUT2D eigenvalue weighted by Crippen LogP contribution is -2.30. The first-order valence-corrected chi connectivity index (χ1v) is 7.32. The van der Waals surface area contributed by atoms with E-state index >= 15 is 0 Å². The highest BCUT2D eigenvalue weighted by Crippen LogP contribution is 2.35. The van der Waals surface area contributed by atoms with Crippen molar-refractivity contribution in [2.24, 2.45) is 0 Å². The molecule has 3 nitrogen and oxygen atoms in total. The second-order valence-corrected chi connectivity index (χ2v) is 6.29. The van der Waals surface area contributed by atoms with Crippen molar-refractivity contribution >= 4 is 29.5 Å². The molecule has 1 aliphatic rings. The van der Waals surface area contributed by atoms with Gasteiger partial charge in [0.05, 0.1) is 24.0 Å². The molecule has 2 rings (SSSR count). The van der Waals surface area contributed by atoms with Gasteiger partial charge in [0.25, 0.3) is 0 Å². The molecule has 5 heteroatoms. The zero-order valence-corrected chi connectivity index (χ0v) is 11.1. The van der Waals surface area contributed by atoms with Crippen molar-refractivity contribution in [1.29, 1.82) is 0 Å². The molecule has 1 aliphatic heterocycles. The molecule has 1 saturated heterocycles. The SMILES string of the molecule is CCSc1cccc(SC2COC2)c1C(=O)O. The molecule has 0 radical (unpaired) electrons. The van der Waals surface area contributed by atoms with Gasteiger partial charge in [-0.25, -0.2) is 4.79 Å². The first-order valence-electron chi connectivity index (χ1n) is 5.46. The van der Waals surface area contributed by atoms with Gasteiger partial charge in [-0.3, -0.25) is 0 Å². The third-order valence-corrected chi connectivity index (χ3v) is 4.54. The minimum absolute atomic E-state index is 0.398. The van der Waals surface area contributed by atoms with Crippen LogP contribution in [0.3, 0.4) is 0 Å². The number of carbonyl (C=O) groups is 1. The molecule has 0 aromatic heterocycles. The van der Waals surface area contributed by atoms with Gasteiger partial charge in [-0.05, 0) is 17.9 Å². The zero-order valence-electron chi connectivity index (χ0n) is 9.51. The highest BCUT2D eigenvalue weighted by molar-refractivity contribution is 8.00. The fourth-order valence-electron chi connectivity index (χ4n) is 1.56. The standard InChI is InChI=1S/C12H14O3S2/c1-2-16-9-4-3-5-10(11(9)12(13)14)17-8-6-15-7-8/h3-5,8H,2,6-7H2,1H3,(H,13,14). The third-order valence-electron chi connectivity index (χ3n) is 2.40. The summed E-state index contributed by atoms with van der Waals surface area (Å²) < 4.78 is 5.11. The highest BCUT2D eigenvalue weighted by Gasteiger charge is 2.23. The Bertz CT molecular complexity index is 416. The second kappa shape index (κ2) is 5.80. The smallest absolute Gasteiger partial charge is 0.337 e. The molecule has 1 N–H and O–H groups in total. The Morgan fingerprint density at radius 1 is 1.47 bits per heavy atom. The second-order valence-electron chi connectivity index (χ2n) is 3.64. The van der Waals surface area contributed by atoms with Crippen LogP contribution in [0.2, 0.25) is 0 Å². The minimum atomic E-state index is -0.843. The van der Waals surface area contributed by atoms with E-state index < -0.39 is 5.97 Å². The summed E-state index contributed by atoms with van der Waals surface area (Å²) in [5.74, 6) is 0.0327. The van der Waals surface area contributed by atoms with Gasteiger partial charge in [-0.1, -0.05) is 13.0 Å². The Hall–Kier alpha value is -0.650. The number of aromatic carboxylic acids is 1. The van der Waals surface area contributed by atoms with Crippen LogP contribution in [0.25, 0.3) is 0 Å². The Morgan fingerprint density at radius 3 is 2.71 bits per heavy atom. The number of carboxylic acid groups (broad SMARTS) is 1. The molecule has 1 fully saturated rings. The molecule has 92 valence electrons. The quantitative estimate of drug-likeness (QED) is 0.833. The number of hydrogen-bond acceptors (Lipinski definition) is 4. The maximum Gasteiger partial charge on any atom is 0.337 e. The Morgan fingerprint density at radius 2 is 2.18 bits per heavy atom. The van der Waals surface area contributed by atoms with Crippen LogP contribution in [0.1, 0.15) is 17.3 Å². The van der Waals surface area contributed by atoms with Crippen molar-refractivity contribution in [3.63, 3.8) is 0 Å². The van der Waals surface area contributed by atoms with Gasteiger partial charge in [-0.2, -0.15) is 0 Å². The van der Waals surface area contributed by atoms with Gasteiger partial charge in [0.2, 0.25) is 0 Å². The maximum absolute atomic E-state index is 11.3. The van der Waals surface area contributed by atoms with Gasteiger partial charge in [-0.15, -0.1) is 23.5 Å². The number of rotatable bonds is 5. The number of carboxylic acids is 1. The van der Waals surface area contributed by atoms with Crippen molar-refractivity contribution in [2.75, 3.05) is 19.0 Å². The van der Waals surface area contributed by atoms with Crippen LogP contribution in [0.5, 0.6) is 0 Å². The first-order chi connectivity index (χ1) is 8.22. The molecule has 0 spiro atoms. The maximum atomic E-state index is 11.3. The largest absolute Gasteiger partial charge is 0.478 e. The van der Waals surface area contributed by atoms with Crippen LogP contribution in [0, 0.1) is 0 Å². The van der Waals surface area contributed by atoms with E-state index in [4.69, 9.17) is 4.74 Å². The third kappa shape index (κ3) is 2.97. The fourth-order valence-corrected chi connectivity index (χ4v) is 3.61. The Kier molecular flexibility index (Phi) is 4.36. The van der Waals surface area contributed by atoms with Crippen LogP contribution < -0.4 is 0 Å². The summed E-state index contributed by atoms with van der Waals surface area (Å²) in [6, 6.07) is 5.68. The van der Waals surface area contributed by atoms with Gasteiger partial charge < -0.3 is 9.84 Å². The molecule has 0 saturated carbocycles. The zero-order chi connectivity index (χ0) is 12.3. The highest BCUT2D eigenvalue weighted by atomic mass is 32.2. The lowest BCUT2D eigenvalue weighted by Gasteiger charge is -2.26. The van der Waals surface area contributed by atoms with E-state index in [1.165, 1.54) is 0 Å². The van der Waals surface area contributed by atoms with Crippen LogP contribution in [0.15, 0.2) is 28.0 Å². The Labute approximate surface area is 109 Å². The van der Waals surface area contributed by atoms with E-state index in [0.717, 1.165) is 28.8 Å². The van der Waals surface area contributed by atoms with Crippen molar-refractivity contribution in [1.82, 2.24) is 0 Å². The van der Waals surface area contributed by atoms with E-state index in [0.29, 0.717) is 10.8 Å². The van der Waals surface area contributed by atoms with Crippen LogP contribution >= 0.6 is 23.5 Å². The summed E-state index contributed by atoms with van der Waals surface area (Å²) in [7, 11) is 0. The number of thioether (sulfide) groups is 2. The van der Waals surface area contributed by atoms with Crippen LogP contribution in [0.4, 0.5) is 0 Å². The minimum Gasteiger partial charge on any atom is -0.478 e. The summed E-state index contributed by atoms with van der Waals surface area (Å²) in [5.41, 5.74) is 0.441. The van der Waals surface area contributed by atoms with Gasteiger partial charge in [0.1, 0.15) is 0 Å². The van der Waals surface area contributed by atoms with E-state index in [2.05, 4.69) is 0 Å². The van der Waals surface area contributed by atoms with Crippen LogP contribution in [-0.2, 0) is 4.74 Å². The van der Waals surface area contributed by atoms with Crippen molar-refractivity contribution < 1.29 is 14.6 Å². The molecule has 0 aliphatic carbocycles. The molecule has 0 bridgehead atoms. The molecular formula is C12H14O3S2. The molecule has 1 aromatic rings. The lowest BCUT2D eigenvalue weighted by molar-refractivity contribution is 0.0454. The summed E-state index contributed by atoms with van der Waals surface area (Å²) in [5, 5.41) is 9.72.